The van der Waals surface area contributed by atoms with Gasteiger partial charge in [-0.25, -0.2) is 0 Å². The number of aromatic hydroxyl groups is 1. The number of aromatic nitrogens is 1. The third-order valence-corrected chi connectivity index (χ3v) is 4.59. The van der Waals surface area contributed by atoms with Gasteiger partial charge in [0.1, 0.15) is 0 Å². The minimum Gasteiger partial charge on any atom is -0.493 e. The number of hydrogen-bond acceptors (Lipinski definition) is 4. The zero-order valence-electron chi connectivity index (χ0n) is 16.7. The summed E-state index contributed by atoms with van der Waals surface area (Å²) in [6.07, 6.45) is 0.876. The van der Waals surface area contributed by atoms with Gasteiger partial charge in [0.05, 0.1) is 5.52 Å². The first-order valence-corrected chi connectivity index (χ1v) is 9.50. The zero-order chi connectivity index (χ0) is 21.0. The Kier molecular flexibility index (Phi) is 6.07. The highest BCUT2D eigenvalue weighted by atomic mass is 16.3. The molecule has 150 valence electrons. The Balaban J connectivity index is 1.82. The second-order valence-electron chi connectivity index (χ2n) is 7.35. The molecular weight excluding hydrogens is 368 g/mol. The number of rotatable bonds is 5. The average molecular weight is 392 g/mol. The lowest BCUT2D eigenvalue weighted by Crippen LogP contribution is -2.20. The van der Waals surface area contributed by atoms with E-state index in [0.29, 0.717) is 23.5 Å². The van der Waals surface area contributed by atoms with Gasteiger partial charge >= 0.3 is 11.8 Å². The Hall–Kier alpha value is -3.48. The molecule has 2 amide bonds. The van der Waals surface area contributed by atoms with Gasteiger partial charge in [0.2, 0.25) is 5.88 Å². The van der Waals surface area contributed by atoms with Gasteiger partial charge in [0.25, 0.3) is 0 Å². The molecule has 2 aromatic carbocycles. The van der Waals surface area contributed by atoms with Crippen molar-refractivity contribution in [3.63, 3.8) is 0 Å². The van der Waals surface area contributed by atoms with Crippen LogP contribution in [0.2, 0.25) is 0 Å². The molecule has 7 heteroatoms. The van der Waals surface area contributed by atoms with Crippen molar-refractivity contribution in [3.8, 4) is 5.88 Å². The van der Waals surface area contributed by atoms with Crippen LogP contribution in [0.4, 0.5) is 11.4 Å². The summed E-state index contributed by atoms with van der Waals surface area (Å²) in [4.78, 5) is 24.2. The summed E-state index contributed by atoms with van der Waals surface area (Å²) in [5.41, 5.74) is 2.52. The van der Waals surface area contributed by atoms with E-state index in [1.165, 1.54) is 0 Å². The smallest absolute Gasteiger partial charge is 0.353 e. The van der Waals surface area contributed by atoms with Gasteiger partial charge in [0.15, 0.2) is 5.69 Å². The van der Waals surface area contributed by atoms with Gasteiger partial charge in [-0.05, 0) is 37.5 Å². The Morgan fingerprint density at radius 3 is 2.48 bits per heavy atom. The Bertz CT molecular complexity index is 1070. The lowest BCUT2D eigenvalue weighted by Gasteiger charge is -2.08. The third kappa shape index (κ3) is 4.68. The van der Waals surface area contributed by atoms with Crippen molar-refractivity contribution in [1.29, 1.82) is 0 Å². The van der Waals surface area contributed by atoms with Gasteiger partial charge in [-0.15, -0.1) is 10.2 Å². The summed E-state index contributed by atoms with van der Waals surface area (Å²) in [5.74, 6) is -1.53. The summed E-state index contributed by atoms with van der Waals surface area (Å²) in [7, 11) is 0. The third-order valence-electron chi connectivity index (χ3n) is 4.59. The number of aryl methyl sites for hydroxylation is 2. The Labute approximate surface area is 169 Å². The molecule has 0 spiro atoms. The van der Waals surface area contributed by atoms with Crippen LogP contribution in [0.1, 0.15) is 25.8 Å². The molecule has 0 aliphatic carbocycles. The highest BCUT2D eigenvalue weighted by molar-refractivity contribution is 6.40. The normalized spacial score (nSPS) is 11.4. The fourth-order valence-corrected chi connectivity index (χ4v) is 2.95. The van der Waals surface area contributed by atoms with Crippen LogP contribution in [0, 0.1) is 12.8 Å². The maximum Gasteiger partial charge on any atom is 0.353 e. The number of carbonyl (C=O) groups is 2. The second-order valence-corrected chi connectivity index (χ2v) is 7.35. The van der Waals surface area contributed by atoms with Crippen molar-refractivity contribution in [3.05, 3.63) is 54.1 Å². The highest BCUT2D eigenvalue weighted by Gasteiger charge is 2.18. The van der Waals surface area contributed by atoms with Gasteiger partial charge in [-0.2, -0.15) is 0 Å². The van der Waals surface area contributed by atoms with E-state index in [9.17, 15) is 14.7 Å². The number of para-hydroxylation sites is 1. The molecule has 1 aromatic heterocycles. The number of hydrogen-bond donors (Lipinski definition) is 2. The zero-order valence-corrected chi connectivity index (χ0v) is 16.7. The number of carbonyl (C=O) groups excluding carboxylic acids is 2. The first-order valence-electron chi connectivity index (χ1n) is 9.50. The minimum absolute atomic E-state index is 0.0673. The molecular formula is C22H24N4O3. The van der Waals surface area contributed by atoms with Crippen molar-refractivity contribution in [2.75, 3.05) is 5.32 Å². The maximum absolute atomic E-state index is 12.1. The first kappa shape index (κ1) is 20.3. The topological polar surface area (TPSA) is 96.1 Å². The van der Waals surface area contributed by atoms with Crippen LogP contribution >= 0.6 is 0 Å². The minimum atomic E-state index is -1.04. The molecule has 0 saturated carbocycles. The van der Waals surface area contributed by atoms with Crippen molar-refractivity contribution in [2.24, 2.45) is 16.1 Å². The molecule has 0 aliphatic rings. The van der Waals surface area contributed by atoms with Crippen LogP contribution in [-0.4, -0.2) is 21.5 Å². The van der Waals surface area contributed by atoms with E-state index >= 15 is 0 Å². The number of nitrogens with one attached hydrogen (secondary N) is 1. The van der Waals surface area contributed by atoms with Crippen LogP contribution in [0.25, 0.3) is 10.9 Å². The molecule has 0 radical (unpaired) electrons. The van der Waals surface area contributed by atoms with Gasteiger partial charge in [0, 0.05) is 17.6 Å². The maximum atomic E-state index is 12.1. The number of benzene rings is 2. The molecule has 0 saturated heterocycles. The number of nitrogens with zero attached hydrogens (tertiary/aromatic N) is 3. The van der Waals surface area contributed by atoms with E-state index < -0.39 is 11.8 Å². The average Bonchev–Trinajstić information content (AvgIpc) is 2.97. The summed E-state index contributed by atoms with van der Waals surface area (Å²) < 4.78 is 1.75. The molecule has 7 nitrogen and oxygen atoms in total. The Morgan fingerprint density at radius 2 is 1.79 bits per heavy atom. The summed E-state index contributed by atoms with van der Waals surface area (Å²) in [6, 6.07) is 14.4. The number of amides is 2. The van der Waals surface area contributed by atoms with E-state index in [1.54, 1.807) is 22.8 Å². The van der Waals surface area contributed by atoms with E-state index in [-0.39, 0.29) is 11.6 Å². The van der Waals surface area contributed by atoms with E-state index in [1.807, 2.05) is 37.3 Å². The fraction of sp³-hybridized carbons (Fsp3) is 0.273. The lowest BCUT2D eigenvalue weighted by molar-refractivity contribution is -0.134. The Morgan fingerprint density at radius 1 is 1.10 bits per heavy atom. The van der Waals surface area contributed by atoms with Crippen LogP contribution < -0.4 is 5.32 Å². The lowest BCUT2D eigenvalue weighted by atomic mass is 10.1. The molecule has 0 atom stereocenters. The molecule has 0 bridgehead atoms. The van der Waals surface area contributed by atoms with Gasteiger partial charge in [-0.1, -0.05) is 49.7 Å². The molecule has 3 rings (SSSR count). The number of anilines is 1. The fourth-order valence-electron chi connectivity index (χ4n) is 2.95. The molecule has 0 unspecified atom stereocenters. The van der Waals surface area contributed by atoms with Crippen LogP contribution in [0.5, 0.6) is 5.88 Å². The molecule has 3 aromatic rings. The molecule has 0 aliphatic heterocycles. The summed E-state index contributed by atoms with van der Waals surface area (Å²) in [6.45, 7) is 6.75. The highest BCUT2D eigenvalue weighted by Crippen LogP contribution is 2.39. The monoisotopic (exact) mass is 392 g/mol. The van der Waals surface area contributed by atoms with Crippen LogP contribution in [0.3, 0.4) is 0 Å². The number of azo groups is 1. The molecule has 29 heavy (non-hydrogen) atoms. The van der Waals surface area contributed by atoms with E-state index in [2.05, 4.69) is 29.4 Å². The summed E-state index contributed by atoms with van der Waals surface area (Å²) in [5, 5.41) is 21.2. The van der Waals surface area contributed by atoms with Gasteiger partial charge in [-0.3, -0.25) is 9.59 Å². The van der Waals surface area contributed by atoms with Crippen molar-refractivity contribution >= 4 is 34.1 Å². The quantitative estimate of drug-likeness (QED) is 0.475. The van der Waals surface area contributed by atoms with Crippen molar-refractivity contribution in [2.45, 2.75) is 33.7 Å². The predicted molar refractivity (Wildman–Crippen MR) is 112 cm³/mol. The molecule has 0 fully saturated rings. The predicted octanol–water partition coefficient (Wildman–Crippen LogP) is 4.95. The SMILES string of the molecule is Cc1ccc(NC(=O)C(=O)N=Nc2c(O)n(CCC(C)C)c3ccccc23)cc1. The van der Waals surface area contributed by atoms with Crippen molar-refractivity contribution < 1.29 is 14.7 Å². The molecule has 1 heterocycles. The van der Waals surface area contributed by atoms with Crippen molar-refractivity contribution in [1.82, 2.24) is 4.57 Å². The van der Waals surface area contributed by atoms with Gasteiger partial charge < -0.3 is 15.0 Å². The van der Waals surface area contributed by atoms with E-state index in [4.69, 9.17) is 0 Å². The van der Waals surface area contributed by atoms with Crippen LogP contribution in [0.15, 0.2) is 58.8 Å². The van der Waals surface area contributed by atoms with E-state index in [0.717, 1.165) is 17.5 Å². The first-order chi connectivity index (χ1) is 13.9. The number of fused-ring (bicyclic) bond motifs is 1. The molecule has 2 N–H and O–H groups in total. The van der Waals surface area contributed by atoms with Crippen LogP contribution in [-0.2, 0) is 16.1 Å². The summed E-state index contributed by atoms with van der Waals surface area (Å²) >= 11 is 0. The second kappa shape index (κ2) is 8.68. The largest absolute Gasteiger partial charge is 0.493 e. The standard InChI is InChI=1S/C22H24N4O3/c1-14(2)12-13-26-18-7-5-4-6-17(18)19(22(26)29)24-25-21(28)20(27)23-16-10-8-15(3)9-11-16/h4-11,14,29H,12-13H2,1-3H3,(H,23,27).